The van der Waals surface area contributed by atoms with Gasteiger partial charge in [0.15, 0.2) is 28.8 Å². The van der Waals surface area contributed by atoms with Crippen LogP contribution in [-0.2, 0) is 0 Å². The van der Waals surface area contributed by atoms with Crippen molar-refractivity contribution in [3.05, 3.63) is 125 Å². The average molecular weight is 572 g/mol. The van der Waals surface area contributed by atoms with E-state index in [9.17, 15) is 14.4 Å². The molecule has 0 unspecified atom stereocenters. The Morgan fingerprint density at radius 3 is 2.07 bits per heavy atom. The van der Waals surface area contributed by atoms with Gasteiger partial charge in [-0.15, -0.1) is 0 Å². The van der Waals surface area contributed by atoms with Gasteiger partial charge in [0.25, 0.3) is 0 Å². The van der Waals surface area contributed by atoms with Crippen LogP contribution in [0.4, 0.5) is 5.69 Å². The maximum absolute atomic E-state index is 14.9. The van der Waals surface area contributed by atoms with E-state index in [2.05, 4.69) is 0 Å². The van der Waals surface area contributed by atoms with E-state index in [1.807, 2.05) is 47.4 Å². The quantitative estimate of drug-likeness (QED) is 0.207. The van der Waals surface area contributed by atoms with E-state index in [4.69, 9.17) is 14.2 Å². The summed E-state index contributed by atoms with van der Waals surface area (Å²) in [6.07, 6.45) is 3.85. The summed E-state index contributed by atoms with van der Waals surface area (Å²) >= 11 is 0. The fourth-order valence-corrected chi connectivity index (χ4v) is 7.34. The molecule has 7 heteroatoms. The standard InChI is InChI=1S/C36H29NO6/c1-41-23-18-15-22(16-19-23)32(38)31-30(26-12-8-14-28(42-2)33(26)43-3)36(34(39)24-10-5-6-11-25(24)35(36)40)29-20-17-21-9-4-7-13-27(21)37(29)31/h4-20,29-31H,1-3H3/t29-,30-,31-/m1/s1. The minimum absolute atomic E-state index is 0.221. The zero-order valence-corrected chi connectivity index (χ0v) is 23.9. The average Bonchev–Trinajstić information content (AvgIpc) is 3.49. The number of hydrogen-bond acceptors (Lipinski definition) is 7. The Labute approximate surface area is 249 Å². The number of hydrogen-bond donors (Lipinski definition) is 0. The molecule has 1 fully saturated rings. The second kappa shape index (κ2) is 9.98. The Morgan fingerprint density at radius 1 is 0.744 bits per heavy atom. The summed E-state index contributed by atoms with van der Waals surface area (Å²) in [5.74, 6) is -0.288. The fraction of sp³-hybridized carbons (Fsp3) is 0.194. The van der Waals surface area contributed by atoms with Crippen LogP contribution < -0.4 is 19.1 Å². The van der Waals surface area contributed by atoms with Crippen LogP contribution in [0.3, 0.4) is 0 Å². The van der Waals surface area contributed by atoms with Crippen LogP contribution in [0.5, 0.6) is 17.2 Å². The van der Waals surface area contributed by atoms with Crippen LogP contribution in [0, 0.1) is 5.41 Å². The molecular formula is C36H29NO6. The lowest BCUT2D eigenvalue weighted by atomic mass is 9.64. The van der Waals surface area contributed by atoms with E-state index in [0.29, 0.717) is 39.5 Å². The largest absolute Gasteiger partial charge is 0.497 e. The topological polar surface area (TPSA) is 82.1 Å². The van der Waals surface area contributed by atoms with Crippen molar-refractivity contribution in [3.63, 3.8) is 0 Å². The number of fused-ring (bicyclic) bond motifs is 5. The lowest BCUT2D eigenvalue weighted by Crippen LogP contribution is -2.48. The van der Waals surface area contributed by atoms with Crippen LogP contribution in [0.15, 0.2) is 97.1 Å². The van der Waals surface area contributed by atoms with E-state index in [1.165, 1.54) is 14.2 Å². The molecule has 4 aromatic rings. The van der Waals surface area contributed by atoms with Gasteiger partial charge in [-0.1, -0.05) is 66.7 Å². The molecule has 1 aliphatic carbocycles. The van der Waals surface area contributed by atoms with Crippen molar-refractivity contribution in [1.82, 2.24) is 0 Å². The van der Waals surface area contributed by atoms with Crippen molar-refractivity contribution in [1.29, 1.82) is 0 Å². The third-order valence-corrected chi connectivity index (χ3v) is 9.12. The van der Waals surface area contributed by atoms with Crippen LogP contribution in [0.1, 0.15) is 48.1 Å². The molecule has 0 amide bonds. The molecule has 3 atom stereocenters. The molecule has 7 rings (SSSR count). The number of carbonyl (C=O) groups excluding carboxylic acids is 3. The van der Waals surface area contributed by atoms with Crippen molar-refractivity contribution in [3.8, 4) is 17.2 Å². The van der Waals surface area contributed by atoms with Gasteiger partial charge in [-0.05, 0) is 42.0 Å². The summed E-state index contributed by atoms with van der Waals surface area (Å²) in [7, 11) is 4.63. The maximum Gasteiger partial charge on any atom is 0.185 e. The molecule has 43 heavy (non-hydrogen) atoms. The van der Waals surface area contributed by atoms with E-state index in [-0.39, 0.29) is 17.3 Å². The Hall–Kier alpha value is -5.17. The zero-order valence-electron chi connectivity index (χ0n) is 23.9. The van der Waals surface area contributed by atoms with Gasteiger partial charge >= 0.3 is 0 Å². The zero-order chi connectivity index (χ0) is 29.9. The minimum Gasteiger partial charge on any atom is -0.497 e. The van der Waals surface area contributed by atoms with Crippen molar-refractivity contribution >= 4 is 29.1 Å². The lowest BCUT2D eigenvalue weighted by molar-refractivity contribution is 0.0664. The summed E-state index contributed by atoms with van der Waals surface area (Å²) in [4.78, 5) is 46.5. The maximum atomic E-state index is 14.9. The Kier molecular flexibility index (Phi) is 6.20. The smallest absolute Gasteiger partial charge is 0.185 e. The second-order valence-corrected chi connectivity index (χ2v) is 10.9. The molecule has 0 N–H and O–H groups in total. The predicted molar refractivity (Wildman–Crippen MR) is 163 cm³/mol. The molecule has 7 nitrogen and oxygen atoms in total. The lowest BCUT2D eigenvalue weighted by Gasteiger charge is -2.37. The van der Waals surface area contributed by atoms with Crippen molar-refractivity contribution in [2.75, 3.05) is 26.2 Å². The molecular weight excluding hydrogens is 542 g/mol. The first kappa shape index (κ1) is 26.7. The highest BCUT2D eigenvalue weighted by Gasteiger charge is 2.72. The predicted octanol–water partition coefficient (Wildman–Crippen LogP) is 6.03. The minimum atomic E-state index is -1.64. The molecule has 3 aliphatic rings. The summed E-state index contributed by atoms with van der Waals surface area (Å²) in [6, 6.07) is 25.3. The van der Waals surface area contributed by atoms with Crippen molar-refractivity contribution in [2.24, 2.45) is 5.41 Å². The molecule has 0 radical (unpaired) electrons. The van der Waals surface area contributed by atoms with Gasteiger partial charge in [0.1, 0.15) is 17.2 Å². The van der Waals surface area contributed by atoms with Gasteiger partial charge in [0.2, 0.25) is 0 Å². The Morgan fingerprint density at radius 2 is 1.42 bits per heavy atom. The van der Waals surface area contributed by atoms with Crippen LogP contribution in [0.25, 0.3) is 6.08 Å². The number of Topliss-reactive ketones (excluding diaryl/α,β-unsaturated/α-hetero) is 3. The number of benzene rings is 4. The van der Waals surface area contributed by atoms with Crippen LogP contribution in [-0.4, -0.2) is 50.8 Å². The van der Waals surface area contributed by atoms with Crippen molar-refractivity contribution in [2.45, 2.75) is 18.0 Å². The molecule has 1 spiro atoms. The molecule has 0 aromatic heterocycles. The van der Waals surface area contributed by atoms with Gasteiger partial charge in [0.05, 0.1) is 27.4 Å². The molecule has 4 aromatic carbocycles. The number of para-hydroxylation sites is 2. The summed E-state index contributed by atoms with van der Waals surface area (Å²) in [6.45, 7) is 0. The van der Waals surface area contributed by atoms with E-state index < -0.39 is 23.4 Å². The Balaban J connectivity index is 1.56. The van der Waals surface area contributed by atoms with E-state index >= 15 is 0 Å². The normalized spacial score (nSPS) is 20.9. The highest BCUT2D eigenvalue weighted by Crippen LogP contribution is 2.62. The van der Waals surface area contributed by atoms with Gasteiger partial charge in [-0.25, -0.2) is 0 Å². The van der Waals surface area contributed by atoms with Gasteiger partial charge in [-0.2, -0.15) is 0 Å². The number of carbonyl (C=O) groups is 3. The molecule has 2 heterocycles. The monoisotopic (exact) mass is 571 g/mol. The number of methoxy groups -OCH3 is 3. The van der Waals surface area contributed by atoms with Gasteiger partial charge in [0, 0.05) is 33.9 Å². The molecule has 0 saturated carbocycles. The van der Waals surface area contributed by atoms with Gasteiger partial charge < -0.3 is 19.1 Å². The third kappa shape index (κ3) is 3.57. The fourth-order valence-electron chi connectivity index (χ4n) is 7.34. The number of anilines is 1. The number of nitrogens with zero attached hydrogens (tertiary/aromatic N) is 1. The summed E-state index contributed by atoms with van der Waals surface area (Å²) < 4.78 is 16.9. The first-order chi connectivity index (χ1) is 21.0. The van der Waals surface area contributed by atoms with Crippen LogP contribution in [0.2, 0.25) is 0 Å². The Bertz CT molecular complexity index is 1790. The summed E-state index contributed by atoms with van der Waals surface area (Å²) in [5.41, 5.74) is 1.77. The molecule has 214 valence electrons. The van der Waals surface area contributed by atoms with Gasteiger partial charge in [-0.3, -0.25) is 14.4 Å². The molecule has 2 aliphatic heterocycles. The van der Waals surface area contributed by atoms with E-state index in [1.54, 1.807) is 67.8 Å². The van der Waals surface area contributed by atoms with E-state index in [0.717, 1.165) is 11.3 Å². The third-order valence-electron chi connectivity index (χ3n) is 9.12. The van der Waals surface area contributed by atoms with Crippen LogP contribution >= 0.6 is 0 Å². The first-order valence-corrected chi connectivity index (χ1v) is 14.1. The molecule has 0 bridgehead atoms. The highest BCUT2D eigenvalue weighted by molar-refractivity contribution is 6.32. The first-order valence-electron chi connectivity index (χ1n) is 14.1. The molecule has 1 saturated heterocycles. The number of rotatable bonds is 6. The number of ether oxygens (including phenoxy) is 3. The number of ketones is 3. The SMILES string of the molecule is COc1ccc(C(=O)[C@H]2[C@@H](c3cccc(OC)c3OC)C3(C(=O)c4ccccc4C3=O)[C@H]3C=Cc4ccccc4N23)cc1. The second-order valence-electron chi connectivity index (χ2n) is 10.9. The summed E-state index contributed by atoms with van der Waals surface area (Å²) in [5, 5.41) is 0. The highest BCUT2D eigenvalue weighted by atomic mass is 16.5. The van der Waals surface area contributed by atoms with Crippen molar-refractivity contribution < 1.29 is 28.6 Å².